The summed E-state index contributed by atoms with van der Waals surface area (Å²) in [5.41, 5.74) is 2.79. The molecule has 1 aromatic heterocycles. The van der Waals surface area contributed by atoms with Crippen molar-refractivity contribution in [2.45, 2.75) is 4.90 Å². The standard InChI is InChI=1S/C21H16N2O3S2/c1-28(25,26)15-12-10-14(11-13-15)20(24)22-17-7-3-2-6-16(17)21-23-18-8-4-5-9-19(18)27-21/h2-13H,1H3,(H,22,24). The molecule has 4 aromatic rings. The lowest BCUT2D eigenvalue weighted by Gasteiger charge is -2.09. The topological polar surface area (TPSA) is 76.1 Å². The van der Waals surface area contributed by atoms with E-state index in [4.69, 9.17) is 0 Å². The first-order chi connectivity index (χ1) is 13.4. The van der Waals surface area contributed by atoms with Gasteiger partial charge in [-0.2, -0.15) is 0 Å². The summed E-state index contributed by atoms with van der Waals surface area (Å²) in [5, 5.41) is 3.73. The van der Waals surface area contributed by atoms with E-state index in [1.54, 1.807) is 11.3 Å². The Balaban J connectivity index is 1.64. The maximum absolute atomic E-state index is 12.7. The fraction of sp³-hybridized carbons (Fsp3) is 0.0476. The lowest BCUT2D eigenvalue weighted by molar-refractivity contribution is 0.102. The molecule has 0 fully saturated rings. The maximum atomic E-state index is 12.7. The third-order valence-corrected chi connectivity index (χ3v) is 6.44. The number of para-hydroxylation sites is 2. The molecule has 140 valence electrons. The van der Waals surface area contributed by atoms with Gasteiger partial charge in [-0.15, -0.1) is 11.3 Å². The SMILES string of the molecule is CS(=O)(=O)c1ccc(C(=O)Nc2ccccc2-c2nc3ccccc3s2)cc1. The molecule has 0 saturated heterocycles. The normalized spacial score (nSPS) is 11.5. The molecule has 0 atom stereocenters. The molecular weight excluding hydrogens is 392 g/mol. The molecule has 0 radical (unpaired) electrons. The number of amides is 1. The molecule has 1 heterocycles. The second kappa shape index (κ2) is 7.18. The first kappa shape index (κ1) is 18.3. The van der Waals surface area contributed by atoms with Crippen molar-refractivity contribution in [3.05, 3.63) is 78.4 Å². The molecule has 0 aliphatic carbocycles. The summed E-state index contributed by atoms with van der Waals surface area (Å²) >= 11 is 1.56. The molecule has 0 aliphatic heterocycles. The predicted molar refractivity (Wildman–Crippen MR) is 113 cm³/mol. The number of nitrogens with one attached hydrogen (secondary N) is 1. The lowest BCUT2D eigenvalue weighted by Crippen LogP contribution is -2.12. The van der Waals surface area contributed by atoms with E-state index < -0.39 is 9.84 Å². The van der Waals surface area contributed by atoms with Gasteiger partial charge in [-0.3, -0.25) is 4.79 Å². The molecule has 0 aliphatic rings. The number of fused-ring (bicyclic) bond motifs is 1. The summed E-state index contributed by atoms with van der Waals surface area (Å²) in [6, 6.07) is 21.3. The Hall–Kier alpha value is -3.03. The van der Waals surface area contributed by atoms with Gasteiger partial charge in [0.15, 0.2) is 9.84 Å². The quantitative estimate of drug-likeness (QED) is 0.535. The highest BCUT2D eigenvalue weighted by Gasteiger charge is 2.14. The van der Waals surface area contributed by atoms with Gasteiger partial charge in [-0.25, -0.2) is 13.4 Å². The van der Waals surface area contributed by atoms with Gasteiger partial charge in [-0.05, 0) is 48.5 Å². The van der Waals surface area contributed by atoms with Crippen molar-refractivity contribution in [1.82, 2.24) is 4.98 Å². The minimum atomic E-state index is -3.30. The lowest BCUT2D eigenvalue weighted by atomic mass is 10.1. The number of hydrogen-bond donors (Lipinski definition) is 1. The number of thiazole rings is 1. The van der Waals surface area contributed by atoms with Crippen LogP contribution in [0, 0.1) is 0 Å². The van der Waals surface area contributed by atoms with Crippen LogP contribution in [0.1, 0.15) is 10.4 Å². The number of aromatic nitrogens is 1. The zero-order valence-corrected chi connectivity index (χ0v) is 16.5. The van der Waals surface area contributed by atoms with E-state index in [2.05, 4.69) is 10.3 Å². The fourth-order valence-electron chi connectivity index (χ4n) is 2.81. The molecule has 7 heteroatoms. The van der Waals surface area contributed by atoms with Gasteiger partial charge in [0.25, 0.3) is 5.91 Å². The number of hydrogen-bond acceptors (Lipinski definition) is 5. The Morgan fingerprint density at radius 2 is 1.61 bits per heavy atom. The monoisotopic (exact) mass is 408 g/mol. The van der Waals surface area contributed by atoms with Gasteiger partial charge < -0.3 is 5.32 Å². The third kappa shape index (κ3) is 3.67. The van der Waals surface area contributed by atoms with Crippen molar-refractivity contribution in [1.29, 1.82) is 0 Å². The van der Waals surface area contributed by atoms with Crippen LogP contribution in [0.15, 0.2) is 77.7 Å². The van der Waals surface area contributed by atoms with Crippen molar-refractivity contribution in [2.75, 3.05) is 11.6 Å². The summed E-state index contributed by atoms with van der Waals surface area (Å²) in [7, 11) is -3.30. The van der Waals surface area contributed by atoms with Gasteiger partial charge in [0.05, 0.1) is 20.8 Å². The number of sulfone groups is 1. The second-order valence-corrected chi connectivity index (χ2v) is 9.33. The van der Waals surface area contributed by atoms with Gasteiger partial charge >= 0.3 is 0 Å². The Morgan fingerprint density at radius 1 is 0.929 bits per heavy atom. The molecule has 5 nitrogen and oxygen atoms in total. The molecule has 0 bridgehead atoms. The van der Waals surface area contributed by atoms with Crippen molar-refractivity contribution in [3.63, 3.8) is 0 Å². The van der Waals surface area contributed by atoms with Crippen LogP contribution >= 0.6 is 11.3 Å². The number of anilines is 1. The van der Waals surface area contributed by atoms with Crippen molar-refractivity contribution in [2.24, 2.45) is 0 Å². The van der Waals surface area contributed by atoms with Crippen LogP contribution in [0.2, 0.25) is 0 Å². The molecule has 0 unspecified atom stereocenters. The highest BCUT2D eigenvalue weighted by Crippen LogP contribution is 2.34. The number of carbonyl (C=O) groups is 1. The molecule has 1 amide bonds. The van der Waals surface area contributed by atoms with Gasteiger partial charge in [-0.1, -0.05) is 24.3 Å². The summed E-state index contributed by atoms with van der Waals surface area (Å²) in [6.07, 6.45) is 1.14. The zero-order chi connectivity index (χ0) is 19.7. The molecule has 0 saturated carbocycles. The summed E-state index contributed by atoms with van der Waals surface area (Å²) in [6.45, 7) is 0. The van der Waals surface area contributed by atoms with E-state index in [1.807, 2.05) is 48.5 Å². The van der Waals surface area contributed by atoms with Crippen LogP contribution in [0.3, 0.4) is 0 Å². The number of benzene rings is 3. The van der Waals surface area contributed by atoms with Crippen molar-refractivity contribution in [3.8, 4) is 10.6 Å². The van der Waals surface area contributed by atoms with Crippen molar-refractivity contribution < 1.29 is 13.2 Å². The van der Waals surface area contributed by atoms with Crippen LogP contribution in [-0.4, -0.2) is 25.6 Å². The minimum absolute atomic E-state index is 0.180. The summed E-state index contributed by atoms with van der Waals surface area (Å²) in [5.74, 6) is -0.311. The first-order valence-electron chi connectivity index (χ1n) is 8.48. The van der Waals surface area contributed by atoms with Crippen LogP contribution in [0.5, 0.6) is 0 Å². The van der Waals surface area contributed by atoms with E-state index in [9.17, 15) is 13.2 Å². The second-order valence-electron chi connectivity index (χ2n) is 6.28. The Kier molecular flexibility index (Phi) is 4.70. The Bertz CT molecular complexity index is 1240. The average molecular weight is 409 g/mol. The Morgan fingerprint density at radius 3 is 2.32 bits per heavy atom. The molecule has 4 rings (SSSR count). The van der Waals surface area contributed by atoms with Crippen LogP contribution in [-0.2, 0) is 9.84 Å². The summed E-state index contributed by atoms with van der Waals surface area (Å²) < 4.78 is 24.2. The average Bonchev–Trinajstić information content (AvgIpc) is 3.12. The molecule has 0 spiro atoms. The third-order valence-electron chi connectivity index (χ3n) is 4.24. The number of rotatable bonds is 4. The van der Waals surface area contributed by atoms with Gasteiger partial charge in [0, 0.05) is 17.4 Å². The fourth-order valence-corrected chi connectivity index (χ4v) is 4.45. The predicted octanol–water partition coefficient (Wildman–Crippen LogP) is 4.62. The van der Waals surface area contributed by atoms with Crippen LogP contribution < -0.4 is 5.32 Å². The zero-order valence-electron chi connectivity index (χ0n) is 14.9. The first-order valence-corrected chi connectivity index (χ1v) is 11.2. The molecular formula is C21H16N2O3S2. The van der Waals surface area contributed by atoms with Gasteiger partial charge in [0.1, 0.15) is 5.01 Å². The van der Waals surface area contributed by atoms with Crippen LogP contribution in [0.4, 0.5) is 5.69 Å². The van der Waals surface area contributed by atoms with E-state index in [1.165, 1.54) is 24.3 Å². The highest BCUT2D eigenvalue weighted by atomic mass is 32.2. The molecule has 1 N–H and O–H groups in total. The van der Waals surface area contributed by atoms with E-state index >= 15 is 0 Å². The maximum Gasteiger partial charge on any atom is 0.255 e. The largest absolute Gasteiger partial charge is 0.321 e. The van der Waals surface area contributed by atoms with E-state index in [0.717, 1.165) is 27.0 Å². The summed E-state index contributed by atoms with van der Waals surface area (Å²) in [4.78, 5) is 17.5. The van der Waals surface area contributed by atoms with E-state index in [0.29, 0.717) is 11.3 Å². The van der Waals surface area contributed by atoms with Crippen LogP contribution in [0.25, 0.3) is 20.8 Å². The number of carbonyl (C=O) groups excluding carboxylic acids is 1. The van der Waals surface area contributed by atoms with Crippen molar-refractivity contribution >= 4 is 43.0 Å². The Labute approximate surface area is 166 Å². The van der Waals surface area contributed by atoms with Gasteiger partial charge in [0.2, 0.25) is 0 Å². The molecule has 3 aromatic carbocycles. The molecule has 28 heavy (non-hydrogen) atoms. The minimum Gasteiger partial charge on any atom is -0.321 e. The van der Waals surface area contributed by atoms with E-state index in [-0.39, 0.29) is 10.8 Å². The smallest absolute Gasteiger partial charge is 0.255 e. The highest BCUT2D eigenvalue weighted by molar-refractivity contribution is 7.90. The number of nitrogens with zero attached hydrogens (tertiary/aromatic N) is 1.